The highest BCUT2D eigenvalue weighted by Crippen LogP contribution is 2.30. The minimum Gasteiger partial charge on any atom is -0.481 e. The van der Waals surface area contributed by atoms with E-state index in [1.54, 1.807) is 19.1 Å². The van der Waals surface area contributed by atoms with Crippen molar-refractivity contribution < 1.29 is 35.9 Å². The van der Waals surface area contributed by atoms with Crippen molar-refractivity contribution in [2.45, 2.75) is 30.2 Å². The molecule has 0 aliphatic heterocycles. The van der Waals surface area contributed by atoms with Crippen LogP contribution in [0.3, 0.4) is 0 Å². The average Bonchev–Trinajstić information content (AvgIpc) is 3.25. The van der Waals surface area contributed by atoms with Gasteiger partial charge in [0, 0.05) is 5.56 Å². The van der Waals surface area contributed by atoms with Gasteiger partial charge in [-0.25, -0.2) is 26.4 Å². The Morgan fingerprint density at radius 1 is 1.03 bits per heavy atom. The molecule has 1 heterocycles. The maximum Gasteiger partial charge on any atom is 0.341 e. The summed E-state index contributed by atoms with van der Waals surface area (Å²) in [4.78, 5) is 10.6. The maximum atomic E-state index is 13.0. The summed E-state index contributed by atoms with van der Waals surface area (Å²) in [7, 11) is -8.07. The Balaban J connectivity index is 1.85. The third kappa shape index (κ3) is 5.92. The molecule has 3 rings (SSSR count). The van der Waals surface area contributed by atoms with E-state index in [0.29, 0.717) is 11.3 Å². The van der Waals surface area contributed by atoms with Crippen LogP contribution in [-0.2, 0) is 31.4 Å². The molecular formula is C21H22N2O8S2. The molecule has 0 radical (unpaired) electrons. The van der Waals surface area contributed by atoms with Gasteiger partial charge in [0.15, 0.2) is 6.61 Å². The fourth-order valence-corrected chi connectivity index (χ4v) is 5.38. The number of carboxylic acids is 1. The number of aryl methyl sites for hydroxylation is 1. The molecule has 2 aromatic carbocycles. The van der Waals surface area contributed by atoms with Gasteiger partial charge in [0.05, 0.1) is 28.3 Å². The van der Waals surface area contributed by atoms with E-state index in [1.807, 2.05) is 0 Å². The van der Waals surface area contributed by atoms with Gasteiger partial charge in [0.25, 0.3) is 10.0 Å². The molecule has 0 unspecified atom stereocenters. The molecule has 3 N–H and O–H groups in total. The molecule has 0 aliphatic carbocycles. The minimum absolute atomic E-state index is 0.0313. The third-order valence-corrected chi connectivity index (χ3v) is 7.52. The van der Waals surface area contributed by atoms with Crippen molar-refractivity contribution in [3.05, 3.63) is 71.7 Å². The number of anilines is 1. The van der Waals surface area contributed by atoms with Crippen molar-refractivity contribution in [1.29, 1.82) is 0 Å². The molecule has 10 nitrogen and oxygen atoms in total. The summed E-state index contributed by atoms with van der Waals surface area (Å²) < 4.78 is 66.3. The van der Waals surface area contributed by atoms with Gasteiger partial charge in [-0.15, -0.1) is 0 Å². The smallest absolute Gasteiger partial charge is 0.341 e. The molecule has 12 heteroatoms. The van der Waals surface area contributed by atoms with E-state index in [2.05, 4.69) is 9.44 Å². The molecule has 0 fully saturated rings. The van der Waals surface area contributed by atoms with Gasteiger partial charge in [0.2, 0.25) is 10.0 Å². The number of carboxylic acid groups (broad SMARTS) is 1. The van der Waals surface area contributed by atoms with Crippen molar-refractivity contribution in [3.8, 4) is 5.75 Å². The number of rotatable bonds is 10. The van der Waals surface area contributed by atoms with Crippen LogP contribution < -0.4 is 14.2 Å². The van der Waals surface area contributed by atoms with E-state index < -0.39 is 32.6 Å². The summed E-state index contributed by atoms with van der Waals surface area (Å²) in [5.74, 6) is -0.621. The van der Waals surface area contributed by atoms with Crippen molar-refractivity contribution in [1.82, 2.24) is 4.72 Å². The molecular weight excluding hydrogens is 472 g/mol. The number of ether oxygens (including phenoxy) is 1. The number of hydrogen-bond acceptors (Lipinski definition) is 7. The number of aliphatic carboxylic acids is 1. The Hall–Kier alpha value is -3.35. The lowest BCUT2D eigenvalue weighted by atomic mass is 10.1. The first kappa shape index (κ1) is 24.3. The normalized spacial score (nSPS) is 11.8. The summed E-state index contributed by atoms with van der Waals surface area (Å²) in [6, 6.07) is 11.4. The second-order valence-electron chi connectivity index (χ2n) is 7.05. The van der Waals surface area contributed by atoms with E-state index in [1.165, 1.54) is 49.6 Å². The first-order valence-corrected chi connectivity index (χ1v) is 12.6. The van der Waals surface area contributed by atoms with Crippen LogP contribution in [0, 0.1) is 13.8 Å². The van der Waals surface area contributed by atoms with E-state index >= 15 is 0 Å². The van der Waals surface area contributed by atoms with E-state index in [0.717, 1.165) is 0 Å². The lowest BCUT2D eigenvalue weighted by Crippen LogP contribution is -2.23. The predicted molar refractivity (Wildman–Crippen MR) is 119 cm³/mol. The van der Waals surface area contributed by atoms with Crippen LogP contribution in [0.1, 0.15) is 16.9 Å². The summed E-state index contributed by atoms with van der Waals surface area (Å²) in [6.07, 6.45) is 1.42. The first-order valence-electron chi connectivity index (χ1n) is 9.59. The predicted octanol–water partition coefficient (Wildman–Crippen LogP) is 2.64. The van der Waals surface area contributed by atoms with Gasteiger partial charge < -0.3 is 14.3 Å². The van der Waals surface area contributed by atoms with Gasteiger partial charge in [-0.05, 0) is 55.8 Å². The molecule has 176 valence electrons. The van der Waals surface area contributed by atoms with Gasteiger partial charge in [0.1, 0.15) is 11.5 Å². The highest BCUT2D eigenvalue weighted by molar-refractivity contribution is 7.92. The fourth-order valence-electron chi connectivity index (χ4n) is 3.06. The average molecular weight is 495 g/mol. The summed E-state index contributed by atoms with van der Waals surface area (Å²) in [5.41, 5.74) is 0.833. The maximum absolute atomic E-state index is 13.0. The molecule has 3 aromatic rings. The second kappa shape index (κ2) is 9.65. The van der Waals surface area contributed by atoms with Crippen LogP contribution in [0.2, 0.25) is 0 Å². The van der Waals surface area contributed by atoms with Crippen LogP contribution in [0.25, 0.3) is 0 Å². The Morgan fingerprint density at radius 2 is 1.79 bits per heavy atom. The molecule has 0 saturated carbocycles. The second-order valence-corrected chi connectivity index (χ2v) is 10.5. The molecule has 0 bridgehead atoms. The topological polar surface area (TPSA) is 152 Å². The third-order valence-electron chi connectivity index (χ3n) is 4.60. The number of nitrogens with one attached hydrogen (secondary N) is 2. The van der Waals surface area contributed by atoms with Crippen LogP contribution in [0.15, 0.2) is 69.0 Å². The van der Waals surface area contributed by atoms with Crippen molar-refractivity contribution in [2.75, 3.05) is 11.3 Å². The summed E-state index contributed by atoms with van der Waals surface area (Å²) >= 11 is 0. The van der Waals surface area contributed by atoms with Crippen LogP contribution in [0.4, 0.5) is 5.69 Å². The van der Waals surface area contributed by atoms with Crippen LogP contribution in [0.5, 0.6) is 5.75 Å². The quantitative estimate of drug-likeness (QED) is 0.389. The van der Waals surface area contributed by atoms with Crippen molar-refractivity contribution in [2.24, 2.45) is 0 Å². The molecule has 0 amide bonds. The SMILES string of the molecule is Cc1ccc(S(=O)(=O)Nc2cccc(S(=O)(=O)NCc3ccco3)c2)c(C)c1OCC(=O)O. The van der Waals surface area contributed by atoms with Crippen LogP contribution in [-0.4, -0.2) is 34.5 Å². The summed E-state index contributed by atoms with van der Waals surface area (Å²) in [5, 5.41) is 8.85. The van der Waals surface area contributed by atoms with Gasteiger partial charge in [-0.1, -0.05) is 12.1 Å². The van der Waals surface area contributed by atoms with Crippen molar-refractivity contribution in [3.63, 3.8) is 0 Å². The zero-order valence-electron chi connectivity index (χ0n) is 17.7. The monoisotopic (exact) mass is 494 g/mol. The Morgan fingerprint density at radius 3 is 2.45 bits per heavy atom. The van der Waals surface area contributed by atoms with Gasteiger partial charge in [-0.3, -0.25) is 4.72 Å². The van der Waals surface area contributed by atoms with E-state index in [4.69, 9.17) is 14.3 Å². The fraction of sp³-hybridized carbons (Fsp3) is 0.190. The van der Waals surface area contributed by atoms with E-state index in [9.17, 15) is 21.6 Å². The Labute approximate surface area is 191 Å². The minimum atomic E-state index is -4.14. The van der Waals surface area contributed by atoms with Crippen LogP contribution >= 0.6 is 0 Å². The highest BCUT2D eigenvalue weighted by atomic mass is 32.2. The molecule has 0 aliphatic rings. The lowest BCUT2D eigenvalue weighted by molar-refractivity contribution is -0.139. The first-order chi connectivity index (χ1) is 15.5. The zero-order chi connectivity index (χ0) is 24.2. The number of furan rings is 1. The molecule has 0 spiro atoms. The number of carbonyl (C=O) groups is 1. The highest BCUT2D eigenvalue weighted by Gasteiger charge is 2.22. The summed E-state index contributed by atoms with van der Waals surface area (Å²) in [6.45, 7) is 2.48. The number of hydrogen-bond donors (Lipinski definition) is 3. The largest absolute Gasteiger partial charge is 0.481 e. The standard InChI is InChI=1S/C21H22N2O8S2/c1-14-8-9-19(15(2)21(14)31-13-20(24)25)33(28,29)23-16-5-3-7-18(11-16)32(26,27)22-12-17-6-4-10-30-17/h3-11,22-23H,12-13H2,1-2H3,(H,24,25). The van der Waals surface area contributed by atoms with Gasteiger partial charge >= 0.3 is 5.97 Å². The lowest BCUT2D eigenvalue weighted by Gasteiger charge is -2.16. The number of benzene rings is 2. The molecule has 0 atom stereocenters. The molecule has 33 heavy (non-hydrogen) atoms. The molecule has 0 saturated heterocycles. The Bertz CT molecular complexity index is 1370. The Kier molecular flexibility index (Phi) is 7.10. The number of sulfonamides is 2. The van der Waals surface area contributed by atoms with Crippen molar-refractivity contribution >= 4 is 31.7 Å². The zero-order valence-corrected chi connectivity index (χ0v) is 19.4. The molecule has 1 aromatic heterocycles. The van der Waals surface area contributed by atoms with Gasteiger partial charge in [-0.2, -0.15) is 0 Å². The van der Waals surface area contributed by atoms with E-state index in [-0.39, 0.29) is 33.3 Å².